The van der Waals surface area contributed by atoms with Crippen LogP contribution in [0.25, 0.3) is 11.3 Å². The molecule has 2 aromatic rings. The van der Waals surface area contributed by atoms with Gasteiger partial charge < -0.3 is 10.5 Å². The molecule has 0 radical (unpaired) electrons. The second kappa shape index (κ2) is 4.93. The van der Waals surface area contributed by atoms with Gasteiger partial charge in [0.15, 0.2) is 0 Å². The first-order valence-corrected chi connectivity index (χ1v) is 5.58. The molecule has 2 rings (SSSR count). The van der Waals surface area contributed by atoms with E-state index in [-0.39, 0.29) is 11.5 Å². The molecule has 0 saturated carbocycles. The average molecular weight is 259 g/mol. The summed E-state index contributed by atoms with van der Waals surface area (Å²) in [5.41, 5.74) is 7.62. The molecule has 0 aliphatic heterocycles. The number of aryl methyl sites for hydroxylation is 1. The number of nitrogens with zero attached hydrogens (tertiary/aromatic N) is 2. The van der Waals surface area contributed by atoms with Crippen molar-refractivity contribution in [2.75, 3.05) is 12.8 Å². The lowest BCUT2D eigenvalue weighted by Gasteiger charge is -2.09. The minimum atomic E-state index is -0.496. The van der Waals surface area contributed by atoms with Gasteiger partial charge in [0.25, 0.3) is 5.69 Å². The molecule has 98 valence electrons. The first kappa shape index (κ1) is 12.8. The molecule has 1 aromatic heterocycles. The Morgan fingerprint density at radius 1 is 1.32 bits per heavy atom. The molecule has 0 fully saturated rings. The van der Waals surface area contributed by atoms with Crippen LogP contribution in [0.4, 0.5) is 11.5 Å². The van der Waals surface area contributed by atoms with Gasteiger partial charge in [-0.3, -0.25) is 10.1 Å². The summed E-state index contributed by atoms with van der Waals surface area (Å²) in [6.45, 7) is 1.92. The van der Waals surface area contributed by atoms with Crippen molar-refractivity contribution in [2.24, 2.45) is 0 Å². The largest absolute Gasteiger partial charge is 0.496 e. The lowest BCUT2D eigenvalue weighted by molar-refractivity contribution is -0.384. The van der Waals surface area contributed by atoms with E-state index in [2.05, 4.69) is 4.98 Å². The summed E-state index contributed by atoms with van der Waals surface area (Å²) >= 11 is 0. The number of pyridine rings is 1. The Hall–Kier alpha value is -2.63. The Labute approximate surface area is 110 Å². The van der Waals surface area contributed by atoms with Crippen LogP contribution in [0.5, 0.6) is 5.75 Å². The van der Waals surface area contributed by atoms with E-state index in [9.17, 15) is 10.1 Å². The van der Waals surface area contributed by atoms with Crippen LogP contribution in [0.3, 0.4) is 0 Å². The smallest absolute Gasteiger partial charge is 0.275 e. The standard InChI is InChI=1S/C13H13N3O3/c1-8-3-4-12(19-2)10(5-8)11-6-9(16(17)18)7-13(14)15-11/h3-7H,1-2H3,(H2,14,15). The van der Waals surface area contributed by atoms with Crippen molar-refractivity contribution in [1.82, 2.24) is 4.98 Å². The highest BCUT2D eigenvalue weighted by Gasteiger charge is 2.14. The Bertz CT molecular complexity index is 641. The molecular formula is C13H13N3O3. The van der Waals surface area contributed by atoms with E-state index >= 15 is 0 Å². The number of ether oxygens (including phenoxy) is 1. The highest BCUT2D eigenvalue weighted by Crippen LogP contribution is 2.32. The van der Waals surface area contributed by atoms with E-state index in [4.69, 9.17) is 10.5 Å². The Morgan fingerprint density at radius 3 is 2.68 bits per heavy atom. The molecular weight excluding hydrogens is 246 g/mol. The lowest BCUT2D eigenvalue weighted by atomic mass is 10.1. The first-order valence-electron chi connectivity index (χ1n) is 5.58. The van der Waals surface area contributed by atoms with Gasteiger partial charge in [-0.15, -0.1) is 0 Å². The monoisotopic (exact) mass is 259 g/mol. The van der Waals surface area contributed by atoms with Gasteiger partial charge in [0.05, 0.1) is 23.8 Å². The number of aromatic nitrogens is 1. The summed E-state index contributed by atoms with van der Waals surface area (Å²) < 4.78 is 5.24. The number of nitrogen functional groups attached to an aromatic ring is 1. The van der Waals surface area contributed by atoms with Crippen molar-refractivity contribution in [3.8, 4) is 17.0 Å². The van der Waals surface area contributed by atoms with Crippen molar-refractivity contribution in [1.29, 1.82) is 0 Å². The van der Waals surface area contributed by atoms with Crippen LogP contribution < -0.4 is 10.5 Å². The number of hydrogen-bond donors (Lipinski definition) is 1. The van der Waals surface area contributed by atoms with Gasteiger partial charge in [0.1, 0.15) is 11.6 Å². The van der Waals surface area contributed by atoms with Crippen LogP contribution in [-0.4, -0.2) is 17.0 Å². The minimum absolute atomic E-state index is 0.0916. The van der Waals surface area contributed by atoms with Crippen molar-refractivity contribution < 1.29 is 9.66 Å². The zero-order chi connectivity index (χ0) is 14.0. The highest BCUT2D eigenvalue weighted by atomic mass is 16.6. The van der Waals surface area contributed by atoms with E-state index in [1.807, 2.05) is 19.1 Å². The number of benzene rings is 1. The van der Waals surface area contributed by atoms with Crippen LogP contribution in [0.2, 0.25) is 0 Å². The number of anilines is 1. The van der Waals surface area contributed by atoms with Gasteiger partial charge in [-0.2, -0.15) is 0 Å². The summed E-state index contributed by atoms with van der Waals surface area (Å²) in [6, 6.07) is 8.15. The Balaban J connectivity index is 2.64. The molecule has 6 nitrogen and oxygen atoms in total. The van der Waals surface area contributed by atoms with Gasteiger partial charge in [0, 0.05) is 11.6 Å². The van der Waals surface area contributed by atoms with E-state index in [0.29, 0.717) is 17.0 Å². The topological polar surface area (TPSA) is 91.3 Å². The summed E-state index contributed by atoms with van der Waals surface area (Å²) in [5, 5.41) is 10.8. The van der Waals surface area contributed by atoms with Crippen molar-refractivity contribution in [3.63, 3.8) is 0 Å². The molecule has 0 amide bonds. The third-order valence-electron chi connectivity index (χ3n) is 2.67. The summed E-state index contributed by atoms with van der Waals surface area (Å²) in [6.07, 6.45) is 0. The zero-order valence-electron chi connectivity index (χ0n) is 10.6. The number of methoxy groups -OCH3 is 1. The molecule has 19 heavy (non-hydrogen) atoms. The quantitative estimate of drug-likeness (QED) is 0.675. The van der Waals surface area contributed by atoms with Crippen molar-refractivity contribution in [2.45, 2.75) is 6.92 Å². The summed E-state index contributed by atoms with van der Waals surface area (Å²) in [4.78, 5) is 14.5. The molecule has 0 atom stereocenters. The first-order chi connectivity index (χ1) is 9.01. The maximum absolute atomic E-state index is 10.8. The van der Waals surface area contributed by atoms with Gasteiger partial charge >= 0.3 is 0 Å². The molecule has 6 heteroatoms. The number of nitro groups is 1. The SMILES string of the molecule is COc1ccc(C)cc1-c1cc([N+](=O)[O-])cc(N)n1. The average Bonchev–Trinajstić information content (AvgIpc) is 2.37. The fourth-order valence-electron chi connectivity index (χ4n) is 1.80. The van der Waals surface area contributed by atoms with Gasteiger partial charge in [0.2, 0.25) is 0 Å². The van der Waals surface area contributed by atoms with Crippen LogP contribution in [0.15, 0.2) is 30.3 Å². The van der Waals surface area contributed by atoms with Gasteiger partial charge in [-0.25, -0.2) is 4.98 Å². The third-order valence-corrected chi connectivity index (χ3v) is 2.67. The minimum Gasteiger partial charge on any atom is -0.496 e. The normalized spacial score (nSPS) is 10.2. The van der Waals surface area contributed by atoms with E-state index in [1.165, 1.54) is 19.2 Å². The molecule has 0 spiro atoms. The van der Waals surface area contributed by atoms with Crippen LogP contribution in [-0.2, 0) is 0 Å². The second-order valence-corrected chi connectivity index (χ2v) is 4.10. The third kappa shape index (κ3) is 2.62. The maximum atomic E-state index is 10.8. The molecule has 1 aromatic carbocycles. The molecule has 1 heterocycles. The second-order valence-electron chi connectivity index (χ2n) is 4.10. The van der Waals surface area contributed by atoms with Gasteiger partial charge in [-0.1, -0.05) is 11.6 Å². The summed E-state index contributed by atoms with van der Waals surface area (Å²) in [7, 11) is 1.54. The Kier molecular flexibility index (Phi) is 3.33. The van der Waals surface area contributed by atoms with E-state index in [1.54, 1.807) is 6.07 Å². The molecule has 0 unspecified atom stereocenters. The number of hydrogen-bond acceptors (Lipinski definition) is 5. The van der Waals surface area contributed by atoms with Crippen LogP contribution in [0.1, 0.15) is 5.56 Å². The fourth-order valence-corrected chi connectivity index (χ4v) is 1.80. The predicted octanol–water partition coefficient (Wildman–Crippen LogP) is 2.56. The molecule has 0 saturated heterocycles. The predicted molar refractivity (Wildman–Crippen MR) is 72.0 cm³/mol. The molecule has 0 bridgehead atoms. The maximum Gasteiger partial charge on any atom is 0.275 e. The highest BCUT2D eigenvalue weighted by molar-refractivity contribution is 5.71. The fraction of sp³-hybridized carbons (Fsp3) is 0.154. The molecule has 0 aliphatic carbocycles. The van der Waals surface area contributed by atoms with E-state index < -0.39 is 4.92 Å². The number of rotatable bonds is 3. The molecule has 0 aliphatic rings. The molecule has 2 N–H and O–H groups in total. The number of nitrogens with two attached hydrogens (primary N) is 1. The summed E-state index contributed by atoms with van der Waals surface area (Å²) in [5.74, 6) is 0.700. The van der Waals surface area contributed by atoms with E-state index in [0.717, 1.165) is 5.56 Å². The van der Waals surface area contributed by atoms with Crippen molar-refractivity contribution >= 4 is 11.5 Å². The van der Waals surface area contributed by atoms with Crippen LogP contribution in [0, 0.1) is 17.0 Å². The Morgan fingerprint density at radius 2 is 2.05 bits per heavy atom. The van der Waals surface area contributed by atoms with Gasteiger partial charge in [-0.05, 0) is 19.1 Å². The van der Waals surface area contributed by atoms with Crippen molar-refractivity contribution in [3.05, 3.63) is 46.0 Å². The lowest BCUT2D eigenvalue weighted by Crippen LogP contribution is -1.98. The zero-order valence-corrected chi connectivity index (χ0v) is 10.6. The van der Waals surface area contributed by atoms with Crippen LogP contribution >= 0.6 is 0 Å².